The van der Waals surface area contributed by atoms with Gasteiger partial charge in [-0.25, -0.2) is 4.98 Å². The van der Waals surface area contributed by atoms with Crippen molar-refractivity contribution < 1.29 is 9.72 Å². The van der Waals surface area contributed by atoms with Crippen LogP contribution in [0.4, 0.5) is 11.4 Å². The van der Waals surface area contributed by atoms with Gasteiger partial charge in [-0.05, 0) is 19.1 Å². The highest BCUT2D eigenvalue weighted by Gasteiger charge is 2.17. The summed E-state index contributed by atoms with van der Waals surface area (Å²) in [5.41, 5.74) is 1.92. The number of carbonyl (C=O) groups excluding carboxylic acids is 1. The maximum absolute atomic E-state index is 12.6. The van der Waals surface area contributed by atoms with Gasteiger partial charge >= 0.3 is 0 Å². The SMILES string of the molecule is Cc1nc(-c2ccccc2NC(=O)c2cc([N+](=O)[O-])ccc2Cl)cs1. The summed E-state index contributed by atoms with van der Waals surface area (Å²) < 4.78 is 0. The Bertz CT molecular complexity index is 971. The average Bonchev–Trinajstić information content (AvgIpc) is 3.01. The molecule has 8 heteroatoms. The van der Waals surface area contributed by atoms with Gasteiger partial charge in [-0.15, -0.1) is 11.3 Å². The Labute approximate surface area is 152 Å². The molecule has 1 amide bonds. The summed E-state index contributed by atoms with van der Waals surface area (Å²) in [4.78, 5) is 27.3. The molecule has 0 saturated heterocycles. The van der Waals surface area contributed by atoms with Crippen LogP contribution in [0.1, 0.15) is 15.4 Å². The van der Waals surface area contributed by atoms with Gasteiger partial charge in [0, 0.05) is 23.1 Å². The monoisotopic (exact) mass is 373 g/mol. The smallest absolute Gasteiger partial charge is 0.270 e. The van der Waals surface area contributed by atoms with Crippen LogP contribution in [0.2, 0.25) is 5.02 Å². The van der Waals surface area contributed by atoms with E-state index in [9.17, 15) is 14.9 Å². The standard InChI is InChI=1S/C17H12ClN3O3S/c1-10-19-16(9-25-10)12-4-2-3-5-15(12)20-17(22)13-8-11(21(23)24)6-7-14(13)18/h2-9H,1H3,(H,20,22). The molecule has 2 aromatic carbocycles. The molecule has 1 aromatic heterocycles. The van der Waals surface area contributed by atoms with Crippen LogP contribution in [0.3, 0.4) is 0 Å². The number of aryl methyl sites for hydroxylation is 1. The molecule has 1 heterocycles. The quantitative estimate of drug-likeness (QED) is 0.518. The van der Waals surface area contributed by atoms with Gasteiger partial charge in [0.15, 0.2) is 0 Å². The van der Waals surface area contributed by atoms with Gasteiger partial charge in [-0.1, -0.05) is 29.8 Å². The van der Waals surface area contributed by atoms with E-state index in [0.717, 1.165) is 22.3 Å². The molecule has 0 bridgehead atoms. The number of non-ortho nitro benzene ring substituents is 1. The van der Waals surface area contributed by atoms with Gasteiger partial charge in [0.2, 0.25) is 0 Å². The molecule has 6 nitrogen and oxygen atoms in total. The lowest BCUT2D eigenvalue weighted by atomic mass is 10.1. The number of benzene rings is 2. The lowest BCUT2D eigenvalue weighted by Gasteiger charge is -2.10. The fraction of sp³-hybridized carbons (Fsp3) is 0.0588. The second-order valence-corrected chi connectivity index (χ2v) is 6.64. The molecule has 3 rings (SSSR count). The number of para-hydroxylation sites is 1. The van der Waals surface area contributed by atoms with Crippen molar-refractivity contribution in [3.8, 4) is 11.3 Å². The molecule has 0 fully saturated rings. The van der Waals surface area contributed by atoms with E-state index in [2.05, 4.69) is 10.3 Å². The molecule has 0 unspecified atom stereocenters. The van der Waals surface area contributed by atoms with Gasteiger partial charge in [0.25, 0.3) is 11.6 Å². The maximum atomic E-state index is 12.6. The molecule has 0 aliphatic heterocycles. The number of halogens is 1. The third kappa shape index (κ3) is 3.67. The first-order valence-electron chi connectivity index (χ1n) is 7.22. The van der Waals surface area contributed by atoms with Crippen molar-refractivity contribution in [3.05, 3.63) is 73.6 Å². The van der Waals surface area contributed by atoms with E-state index in [1.165, 1.54) is 23.5 Å². The molecule has 0 aliphatic rings. The van der Waals surface area contributed by atoms with Crippen molar-refractivity contribution in [1.82, 2.24) is 4.98 Å². The zero-order chi connectivity index (χ0) is 18.0. The number of nitro benzene ring substituents is 1. The Morgan fingerprint density at radius 3 is 2.72 bits per heavy atom. The van der Waals surface area contributed by atoms with Crippen molar-refractivity contribution >= 4 is 40.2 Å². The Morgan fingerprint density at radius 1 is 1.28 bits per heavy atom. The van der Waals surface area contributed by atoms with E-state index >= 15 is 0 Å². The number of aromatic nitrogens is 1. The highest BCUT2D eigenvalue weighted by Crippen LogP contribution is 2.30. The van der Waals surface area contributed by atoms with Crippen molar-refractivity contribution in [2.24, 2.45) is 0 Å². The Kier molecular flexibility index (Phi) is 4.78. The average molecular weight is 374 g/mol. The zero-order valence-electron chi connectivity index (χ0n) is 13.0. The number of rotatable bonds is 4. The van der Waals surface area contributed by atoms with Crippen LogP contribution in [0.5, 0.6) is 0 Å². The number of nitrogens with zero attached hydrogens (tertiary/aromatic N) is 2. The Balaban J connectivity index is 1.95. The van der Waals surface area contributed by atoms with E-state index < -0.39 is 10.8 Å². The normalized spacial score (nSPS) is 10.5. The number of thiazole rings is 1. The zero-order valence-corrected chi connectivity index (χ0v) is 14.6. The second kappa shape index (κ2) is 7.00. The Morgan fingerprint density at radius 2 is 2.04 bits per heavy atom. The molecular formula is C17H12ClN3O3S. The summed E-state index contributed by atoms with van der Waals surface area (Å²) in [5, 5.41) is 16.6. The van der Waals surface area contributed by atoms with Gasteiger partial charge in [-0.3, -0.25) is 14.9 Å². The molecule has 25 heavy (non-hydrogen) atoms. The third-order valence-electron chi connectivity index (χ3n) is 3.48. The number of hydrogen-bond donors (Lipinski definition) is 1. The van der Waals surface area contributed by atoms with Crippen molar-refractivity contribution in [2.45, 2.75) is 6.92 Å². The molecular weight excluding hydrogens is 362 g/mol. The fourth-order valence-electron chi connectivity index (χ4n) is 2.29. The molecule has 0 radical (unpaired) electrons. The van der Waals surface area contributed by atoms with Crippen LogP contribution >= 0.6 is 22.9 Å². The largest absolute Gasteiger partial charge is 0.321 e. The number of anilines is 1. The van der Waals surface area contributed by atoms with E-state index in [1.807, 2.05) is 24.4 Å². The van der Waals surface area contributed by atoms with Gasteiger partial charge < -0.3 is 5.32 Å². The maximum Gasteiger partial charge on any atom is 0.270 e. The minimum Gasteiger partial charge on any atom is -0.321 e. The molecule has 0 atom stereocenters. The van der Waals surface area contributed by atoms with Crippen LogP contribution in [-0.4, -0.2) is 15.8 Å². The summed E-state index contributed by atoms with van der Waals surface area (Å²) in [6.45, 7) is 1.90. The van der Waals surface area contributed by atoms with Crippen LogP contribution in [0.25, 0.3) is 11.3 Å². The van der Waals surface area contributed by atoms with Gasteiger partial charge in [0.1, 0.15) is 0 Å². The van der Waals surface area contributed by atoms with Gasteiger partial charge in [-0.2, -0.15) is 0 Å². The van der Waals surface area contributed by atoms with E-state index in [-0.39, 0.29) is 16.3 Å². The van der Waals surface area contributed by atoms with Crippen molar-refractivity contribution in [1.29, 1.82) is 0 Å². The third-order valence-corrected chi connectivity index (χ3v) is 4.58. The topological polar surface area (TPSA) is 85.1 Å². The molecule has 0 spiro atoms. The van der Waals surface area contributed by atoms with Crippen LogP contribution < -0.4 is 5.32 Å². The lowest BCUT2D eigenvalue weighted by Crippen LogP contribution is -2.13. The number of amides is 1. The summed E-state index contributed by atoms with van der Waals surface area (Å²) in [6.07, 6.45) is 0. The first-order valence-corrected chi connectivity index (χ1v) is 8.48. The van der Waals surface area contributed by atoms with Gasteiger partial charge in [0.05, 0.1) is 31.9 Å². The molecule has 1 N–H and O–H groups in total. The number of hydrogen-bond acceptors (Lipinski definition) is 5. The van der Waals surface area contributed by atoms with E-state index in [1.54, 1.807) is 12.1 Å². The van der Waals surface area contributed by atoms with Crippen LogP contribution in [0.15, 0.2) is 47.8 Å². The fourth-order valence-corrected chi connectivity index (χ4v) is 3.11. The minimum absolute atomic E-state index is 0.0418. The summed E-state index contributed by atoms with van der Waals surface area (Å²) >= 11 is 7.54. The highest BCUT2D eigenvalue weighted by molar-refractivity contribution is 7.09. The first-order chi connectivity index (χ1) is 12.0. The molecule has 3 aromatic rings. The van der Waals surface area contributed by atoms with E-state index in [4.69, 9.17) is 11.6 Å². The minimum atomic E-state index is -0.570. The number of nitrogens with one attached hydrogen (secondary N) is 1. The highest BCUT2D eigenvalue weighted by atomic mass is 35.5. The van der Waals surface area contributed by atoms with E-state index in [0.29, 0.717) is 5.69 Å². The van der Waals surface area contributed by atoms with Crippen LogP contribution in [-0.2, 0) is 0 Å². The lowest BCUT2D eigenvalue weighted by molar-refractivity contribution is -0.384. The molecule has 0 saturated carbocycles. The van der Waals surface area contributed by atoms with Crippen molar-refractivity contribution in [3.63, 3.8) is 0 Å². The Hall–Kier alpha value is -2.77. The summed E-state index contributed by atoms with van der Waals surface area (Å²) in [5.74, 6) is -0.520. The van der Waals surface area contributed by atoms with Crippen LogP contribution in [0, 0.1) is 17.0 Å². The number of nitro groups is 1. The van der Waals surface area contributed by atoms with Crippen molar-refractivity contribution in [2.75, 3.05) is 5.32 Å². The number of carbonyl (C=O) groups is 1. The predicted octanol–water partition coefficient (Wildman–Crippen LogP) is 4.93. The predicted molar refractivity (Wildman–Crippen MR) is 98.3 cm³/mol. The first kappa shape index (κ1) is 17.1. The summed E-state index contributed by atoms with van der Waals surface area (Å²) in [6, 6.07) is 11.0. The molecule has 126 valence electrons. The second-order valence-electron chi connectivity index (χ2n) is 5.17. The summed E-state index contributed by atoms with van der Waals surface area (Å²) in [7, 11) is 0. The molecule has 0 aliphatic carbocycles.